The third-order valence-corrected chi connectivity index (χ3v) is 1.85. The second kappa shape index (κ2) is 3.74. The smallest absolute Gasteiger partial charge is 0.352 e. The monoisotopic (exact) mass is 201 g/mol. The lowest BCUT2D eigenvalue weighted by Gasteiger charge is -2.15. The molecule has 0 bridgehead atoms. The highest BCUT2D eigenvalue weighted by Crippen LogP contribution is 2.31. The van der Waals surface area contributed by atoms with Crippen LogP contribution < -0.4 is 4.90 Å². The van der Waals surface area contributed by atoms with Crippen LogP contribution in [0.2, 0.25) is 0 Å². The van der Waals surface area contributed by atoms with Gasteiger partial charge in [-0.1, -0.05) is 12.6 Å². The maximum atomic E-state index is 12.3. The highest BCUT2D eigenvalue weighted by Gasteiger charge is 2.30. The number of hydrogen-bond acceptors (Lipinski definition) is 1. The van der Waals surface area contributed by atoms with Crippen molar-refractivity contribution in [3.05, 3.63) is 42.6 Å². The van der Waals surface area contributed by atoms with Crippen LogP contribution in [0.1, 0.15) is 5.56 Å². The third kappa shape index (κ3) is 2.28. The summed E-state index contributed by atoms with van der Waals surface area (Å²) in [6.45, 7) is 3.47. The molecule has 0 unspecified atom stereocenters. The summed E-state index contributed by atoms with van der Waals surface area (Å²) >= 11 is 0. The van der Waals surface area contributed by atoms with Crippen molar-refractivity contribution in [1.82, 2.24) is 0 Å². The predicted octanol–water partition coefficient (Wildman–Crippen LogP) is 3.29. The molecule has 0 aromatic heterocycles. The Hall–Kier alpha value is -1.45. The Kier molecular flexibility index (Phi) is 2.84. The van der Waals surface area contributed by atoms with Gasteiger partial charge in [-0.25, -0.2) is 0 Å². The molecule has 4 heteroatoms. The van der Waals surface area contributed by atoms with E-state index in [-0.39, 0.29) is 0 Å². The van der Waals surface area contributed by atoms with Crippen LogP contribution in [0, 0.1) is 0 Å². The van der Waals surface area contributed by atoms with Gasteiger partial charge in [-0.15, -0.1) is 0 Å². The van der Waals surface area contributed by atoms with E-state index < -0.39 is 11.7 Å². The minimum absolute atomic E-state index is 0.467. The standard InChI is InChI=1S/C10H10F3N/c1-3-14(2)9-6-4-5-8(7-9)10(11,12)13/h3-7H,1H2,2H3. The van der Waals surface area contributed by atoms with Crippen molar-refractivity contribution in [2.75, 3.05) is 11.9 Å². The molecule has 0 amide bonds. The second-order valence-electron chi connectivity index (χ2n) is 2.84. The first-order chi connectivity index (χ1) is 6.45. The second-order valence-corrected chi connectivity index (χ2v) is 2.84. The number of rotatable bonds is 2. The molecule has 0 aliphatic rings. The zero-order chi connectivity index (χ0) is 10.8. The van der Waals surface area contributed by atoms with E-state index in [0.29, 0.717) is 5.69 Å². The van der Waals surface area contributed by atoms with Crippen molar-refractivity contribution in [3.8, 4) is 0 Å². The first-order valence-corrected chi connectivity index (χ1v) is 3.98. The van der Waals surface area contributed by atoms with Gasteiger partial charge in [-0.3, -0.25) is 0 Å². The normalized spacial score (nSPS) is 11.1. The zero-order valence-electron chi connectivity index (χ0n) is 7.67. The van der Waals surface area contributed by atoms with Gasteiger partial charge in [0, 0.05) is 12.7 Å². The molecule has 1 aromatic rings. The summed E-state index contributed by atoms with van der Waals surface area (Å²) in [4.78, 5) is 1.52. The number of hydrogen-bond donors (Lipinski definition) is 0. The van der Waals surface area contributed by atoms with Gasteiger partial charge in [-0.2, -0.15) is 13.2 Å². The van der Waals surface area contributed by atoms with E-state index in [0.717, 1.165) is 12.1 Å². The first-order valence-electron chi connectivity index (χ1n) is 3.98. The lowest BCUT2D eigenvalue weighted by Crippen LogP contribution is -2.10. The van der Waals surface area contributed by atoms with Crippen LogP contribution in [-0.2, 0) is 6.18 Å². The quantitative estimate of drug-likeness (QED) is 0.709. The van der Waals surface area contributed by atoms with Crippen LogP contribution in [0.3, 0.4) is 0 Å². The molecule has 1 rings (SSSR count). The lowest BCUT2D eigenvalue weighted by atomic mass is 10.2. The van der Waals surface area contributed by atoms with E-state index in [1.807, 2.05) is 0 Å². The molecular weight excluding hydrogens is 191 g/mol. The Morgan fingerprint density at radius 3 is 2.50 bits per heavy atom. The minimum atomic E-state index is -4.29. The fourth-order valence-corrected chi connectivity index (χ4v) is 1.01. The van der Waals surface area contributed by atoms with Crippen molar-refractivity contribution in [3.63, 3.8) is 0 Å². The highest BCUT2D eigenvalue weighted by atomic mass is 19.4. The molecule has 0 aliphatic carbocycles. The largest absolute Gasteiger partial charge is 0.416 e. The maximum Gasteiger partial charge on any atom is 0.416 e. The summed E-state index contributed by atoms with van der Waals surface area (Å²) in [5, 5.41) is 0. The van der Waals surface area contributed by atoms with Crippen LogP contribution in [0.5, 0.6) is 0 Å². The van der Waals surface area contributed by atoms with Gasteiger partial charge in [0.1, 0.15) is 0 Å². The van der Waals surface area contributed by atoms with E-state index in [2.05, 4.69) is 6.58 Å². The fourth-order valence-electron chi connectivity index (χ4n) is 1.01. The third-order valence-electron chi connectivity index (χ3n) is 1.85. The van der Waals surface area contributed by atoms with Gasteiger partial charge < -0.3 is 4.90 Å². The van der Waals surface area contributed by atoms with Crippen molar-refractivity contribution in [1.29, 1.82) is 0 Å². The number of benzene rings is 1. The van der Waals surface area contributed by atoms with Crippen LogP contribution >= 0.6 is 0 Å². The van der Waals surface area contributed by atoms with Crippen LogP contribution in [-0.4, -0.2) is 7.05 Å². The van der Waals surface area contributed by atoms with Crippen molar-refractivity contribution in [2.24, 2.45) is 0 Å². The number of anilines is 1. The predicted molar refractivity (Wildman–Crippen MR) is 50.0 cm³/mol. The summed E-state index contributed by atoms with van der Waals surface area (Å²) in [5.74, 6) is 0. The van der Waals surface area contributed by atoms with Gasteiger partial charge in [-0.05, 0) is 24.4 Å². The summed E-state index contributed by atoms with van der Waals surface area (Å²) in [6, 6.07) is 5.09. The summed E-state index contributed by atoms with van der Waals surface area (Å²) in [5.41, 5.74) is -0.182. The van der Waals surface area contributed by atoms with E-state index in [9.17, 15) is 13.2 Å². The highest BCUT2D eigenvalue weighted by molar-refractivity contribution is 5.50. The Bertz CT molecular complexity index is 330. The fraction of sp³-hybridized carbons (Fsp3) is 0.200. The van der Waals surface area contributed by atoms with Gasteiger partial charge >= 0.3 is 6.18 Å². The molecule has 0 saturated carbocycles. The lowest BCUT2D eigenvalue weighted by molar-refractivity contribution is -0.137. The van der Waals surface area contributed by atoms with Gasteiger partial charge in [0.15, 0.2) is 0 Å². The first kappa shape index (κ1) is 10.6. The summed E-state index contributed by atoms with van der Waals surface area (Å²) in [7, 11) is 1.64. The molecule has 0 N–H and O–H groups in total. The van der Waals surface area contributed by atoms with Gasteiger partial charge in [0.25, 0.3) is 0 Å². The molecule has 0 saturated heterocycles. The Balaban J connectivity index is 3.07. The topological polar surface area (TPSA) is 3.24 Å². The molecule has 0 atom stereocenters. The maximum absolute atomic E-state index is 12.3. The van der Waals surface area contributed by atoms with Crippen LogP contribution in [0.4, 0.5) is 18.9 Å². The SMILES string of the molecule is C=CN(C)c1cccc(C(F)(F)F)c1. The zero-order valence-corrected chi connectivity index (χ0v) is 7.67. The molecule has 0 heterocycles. The van der Waals surface area contributed by atoms with Gasteiger partial charge in [0.05, 0.1) is 5.56 Å². The Labute approximate surface area is 80.5 Å². The Morgan fingerprint density at radius 2 is 2.00 bits per heavy atom. The molecule has 0 radical (unpaired) electrons. The van der Waals surface area contributed by atoms with Crippen molar-refractivity contribution < 1.29 is 13.2 Å². The summed E-state index contributed by atoms with van der Waals surface area (Å²) in [6.07, 6.45) is -2.84. The number of nitrogens with zero attached hydrogens (tertiary/aromatic N) is 1. The Morgan fingerprint density at radius 1 is 1.36 bits per heavy atom. The molecule has 76 valence electrons. The number of halogens is 3. The van der Waals surface area contributed by atoms with E-state index in [4.69, 9.17) is 0 Å². The molecule has 0 fully saturated rings. The molecule has 14 heavy (non-hydrogen) atoms. The molecule has 0 aliphatic heterocycles. The average molecular weight is 201 g/mol. The molecule has 1 nitrogen and oxygen atoms in total. The molecule has 0 spiro atoms. The van der Waals surface area contributed by atoms with E-state index in [1.54, 1.807) is 13.1 Å². The number of alkyl halides is 3. The average Bonchev–Trinajstić information content (AvgIpc) is 2.15. The van der Waals surface area contributed by atoms with Gasteiger partial charge in [0.2, 0.25) is 0 Å². The molecule has 1 aromatic carbocycles. The van der Waals surface area contributed by atoms with Crippen molar-refractivity contribution >= 4 is 5.69 Å². The van der Waals surface area contributed by atoms with Crippen LogP contribution in [0.15, 0.2) is 37.0 Å². The minimum Gasteiger partial charge on any atom is -0.352 e. The molecular formula is C10H10F3N. The van der Waals surface area contributed by atoms with E-state index in [1.165, 1.54) is 17.2 Å². The van der Waals surface area contributed by atoms with Crippen LogP contribution in [0.25, 0.3) is 0 Å². The van der Waals surface area contributed by atoms with E-state index >= 15 is 0 Å². The van der Waals surface area contributed by atoms with Crippen molar-refractivity contribution in [2.45, 2.75) is 6.18 Å². The summed E-state index contributed by atoms with van der Waals surface area (Å²) < 4.78 is 36.9.